The number of nitrogens with one attached hydrogen (secondary N) is 1. The van der Waals surface area contributed by atoms with Gasteiger partial charge in [-0.15, -0.1) is 0 Å². The lowest BCUT2D eigenvalue weighted by molar-refractivity contribution is -0.140. The molecule has 10 heteroatoms. The zero-order valence-corrected chi connectivity index (χ0v) is 23.3. The van der Waals surface area contributed by atoms with Crippen LogP contribution in [0.2, 0.25) is 5.02 Å². The molecule has 0 saturated carbocycles. The van der Waals surface area contributed by atoms with E-state index < -0.39 is 28.5 Å². The number of aryl methyl sites for hydroxylation is 1. The summed E-state index contributed by atoms with van der Waals surface area (Å²) in [6, 6.07) is 11.2. The summed E-state index contributed by atoms with van der Waals surface area (Å²) in [4.78, 5) is 28.4. The number of ether oxygens (including phenoxy) is 1. The minimum absolute atomic E-state index is 0.0676. The number of benzene rings is 2. The quantitative estimate of drug-likeness (QED) is 0.439. The van der Waals surface area contributed by atoms with E-state index in [1.54, 1.807) is 44.4 Å². The molecule has 0 spiro atoms. The van der Waals surface area contributed by atoms with Crippen molar-refractivity contribution in [3.63, 3.8) is 0 Å². The number of amides is 2. The molecule has 2 amide bonds. The zero-order valence-electron chi connectivity index (χ0n) is 21.7. The number of hydrogen-bond acceptors (Lipinski definition) is 5. The van der Waals surface area contributed by atoms with Crippen molar-refractivity contribution in [3.8, 4) is 5.75 Å². The maximum absolute atomic E-state index is 13.8. The highest BCUT2D eigenvalue weighted by Gasteiger charge is 2.32. The van der Waals surface area contributed by atoms with Crippen LogP contribution < -0.4 is 14.4 Å². The highest BCUT2D eigenvalue weighted by Crippen LogP contribution is 2.27. The van der Waals surface area contributed by atoms with Gasteiger partial charge in [-0.1, -0.05) is 43.6 Å². The first kappa shape index (κ1) is 29.5. The van der Waals surface area contributed by atoms with Gasteiger partial charge in [-0.3, -0.25) is 13.9 Å². The van der Waals surface area contributed by atoms with Gasteiger partial charge < -0.3 is 15.0 Å². The minimum Gasteiger partial charge on any atom is -0.497 e. The fourth-order valence-electron chi connectivity index (χ4n) is 3.77. The van der Waals surface area contributed by atoms with E-state index in [0.717, 1.165) is 22.5 Å². The van der Waals surface area contributed by atoms with Gasteiger partial charge in [0, 0.05) is 17.6 Å². The molecular weight excluding hydrogens is 502 g/mol. The Morgan fingerprint density at radius 2 is 1.81 bits per heavy atom. The Kier molecular flexibility index (Phi) is 10.6. The number of hydrogen-bond donors (Lipinski definition) is 1. The summed E-state index contributed by atoms with van der Waals surface area (Å²) in [6.07, 6.45) is 2.13. The molecule has 0 aliphatic heterocycles. The Hall–Kier alpha value is -2.78. The molecule has 2 aromatic rings. The van der Waals surface area contributed by atoms with E-state index in [1.807, 2.05) is 26.8 Å². The molecular formula is C26H36ClN3O5S. The molecule has 0 fully saturated rings. The highest BCUT2D eigenvalue weighted by molar-refractivity contribution is 7.92. The van der Waals surface area contributed by atoms with Crippen molar-refractivity contribution >= 4 is 39.1 Å². The van der Waals surface area contributed by atoms with Crippen molar-refractivity contribution in [3.05, 3.63) is 58.6 Å². The zero-order chi connectivity index (χ0) is 27.0. The standard InChI is InChI=1S/C26H36ClN3O5S/c1-7-19(4)28-26(32)23(8-2)29(16-20-10-9-11-22(14-20)35-5)25(31)17-30(36(6,33)34)24-15-21(27)13-12-18(24)3/h9-15,19,23H,7-8,16-17H2,1-6H3,(H,28,32)/t19-,23-/m0/s1. The van der Waals surface area contributed by atoms with E-state index in [9.17, 15) is 18.0 Å². The van der Waals surface area contributed by atoms with Crippen molar-refractivity contribution in [1.82, 2.24) is 10.2 Å². The van der Waals surface area contributed by atoms with Crippen LogP contribution in [0.15, 0.2) is 42.5 Å². The first-order valence-corrected chi connectivity index (χ1v) is 14.1. The summed E-state index contributed by atoms with van der Waals surface area (Å²) in [5, 5.41) is 3.30. The van der Waals surface area contributed by atoms with Crippen molar-refractivity contribution in [2.45, 2.75) is 59.2 Å². The van der Waals surface area contributed by atoms with Gasteiger partial charge in [0.1, 0.15) is 18.3 Å². The van der Waals surface area contributed by atoms with Crippen LogP contribution >= 0.6 is 11.6 Å². The molecule has 0 saturated heterocycles. The molecule has 2 aromatic carbocycles. The lowest BCUT2D eigenvalue weighted by Gasteiger charge is -2.33. The van der Waals surface area contributed by atoms with Gasteiger partial charge in [0.2, 0.25) is 21.8 Å². The second-order valence-electron chi connectivity index (χ2n) is 8.82. The van der Waals surface area contributed by atoms with Crippen LogP contribution in [0.4, 0.5) is 5.69 Å². The largest absolute Gasteiger partial charge is 0.497 e. The van der Waals surface area contributed by atoms with E-state index in [-0.39, 0.29) is 18.5 Å². The molecule has 0 unspecified atom stereocenters. The number of rotatable bonds is 12. The number of carbonyl (C=O) groups is 2. The van der Waals surface area contributed by atoms with E-state index >= 15 is 0 Å². The van der Waals surface area contributed by atoms with Crippen LogP contribution in [-0.4, -0.2) is 57.1 Å². The molecule has 1 N–H and O–H groups in total. The smallest absolute Gasteiger partial charge is 0.244 e. The molecule has 198 valence electrons. The van der Waals surface area contributed by atoms with Gasteiger partial charge in [-0.25, -0.2) is 8.42 Å². The lowest BCUT2D eigenvalue weighted by atomic mass is 10.1. The van der Waals surface area contributed by atoms with Gasteiger partial charge >= 0.3 is 0 Å². The van der Waals surface area contributed by atoms with Gasteiger partial charge in [-0.2, -0.15) is 0 Å². The average Bonchev–Trinajstić information content (AvgIpc) is 2.83. The normalized spacial score (nSPS) is 13.0. The fourth-order valence-corrected chi connectivity index (χ4v) is 4.84. The second-order valence-corrected chi connectivity index (χ2v) is 11.2. The van der Waals surface area contributed by atoms with Gasteiger partial charge in [0.05, 0.1) is 19.1 Å². The van der Waals surface area contributed by atoms with Crippen molar-refractivity contribution < 1.29 is 22.7 Å². The number of methoxy groups -OCH3 is 1. The summed E-state index contributed by atoms with van der Waals surface area (Å²) in [6.45, 7) is 7.05. The Morgan fingerprint density at radius 3 is 2.39 bits per heavy atom. The third-order valence-corrected chi connectivity index (χ3v) is 7.35. The lowest BCUT2D eigenvalue weighted by Crippen LogP contribution is -2.53. The van der Waals surface area contributed by atoms with Gasteiger partial charge in [-0.05, 0) is 62.1 Å². The maximum atomic E-state index is 13.8. The monoisotopic (exact) mass is 537 g/mol. The predicted molar refractivity (Wildman–Crippen MR) is 144 cm³/mol. The van der Waals surface area contributed by atoms with Crippen LogP contribution in [0.3, 0.4) is 0 Å². The number of halogens is 1. The minimum atomic E-state index is -3.84. The molecule has 0 bridgehead atoms. The van der Waals surface area contributed by atoms with Crippen molar-refractivity contribution in [2.75, 3.05) is 24.2 Å². The van der Waals surface area contributed by atoms with Crippen molar-refractivity contribution in [2.24, 2.45) is 0 Å². The summed E-state index contributed by atoms with van der Waals surface area (Å²) in [5.74, 6) is -0.175. The molecule has 0 aliphatic rings. The molecule has 8 nitrogen and oxygen atoms in total. The molecule has 36 heavy (non-hydrogen) atoms. The first-order valence-electron chi connectivity index (χ1n) is 11.9. The second kappa shape index (κ2) is 13.0. The van der Waals surface area contributed by atoms with Crippen LogP contribution in [0, 0.1) is 6.92 Å². The van der Waals surface area contributed by atoms with E-state index in [2.05, 4.69) is 5.32 Å². The Balaban J connectivity index is 2.50. The summed E-state index contributed by atoms with van der Waals surface area (Å²) < 4.78 is 31.9. The number of anilines is 1. The Bertz CT molecular complexity index is 1170. The van der Waals surface area contributed by atoms with Crippen LogP contribution in [-0.2, 0) is 26.2 Å². The Morgan fingerprint density at radius 1 is 1.11 bits per heavy atom. The molecule has 0 radical (unpaired) electrons. The molecule has 0 heterocycles. The van der Waals surface area contributed by atoms with Crippen LogP contribution in [0.1, 0.15) is 44.7 Å². The summed E-state index contributed by atoms with van der Waals surface area (Å²) in [5.41, 5.74) is 1.72. The summed E-state index contributed by atoms with van der Waals surface area (Å²) in [7, 11) is -2.29. The van der Waals surface area contributed by atoms with Crippen LogP contribution in [0.25, 0.3) is 0 Å². The van der Waals surface area contributed by atoms with Gasteiger partial charge in [0.15, 0.2) is 0 Å². The Labute approximate surface area is 219 Å². The van der Waals surface area contributed by atoms with E-state index in [0.29, 0.717) is 28.4 Å². The van der Waals surface area contributed by atoms with Gasteiger partial charge in [0.25, 0.3) is 0 Å². The molecule has 0 aliphatic carbocycles. The molecule has 0 aromatic heterocycles. The topological polar surface area (TPSA) is 96.0 Å². The average molecular weight is 538 g/mol. The maximum Gasteiger partial charge on any atom is 0.244 e. The molecule has 2 rings (SSSR count). The fraction of sp³-hybridized carbons (Fsp3) is 0.462. The third-order valence-electron chi connectivity index (χ3n) is 5.99. The van der Waals surface area contributed by atoms with E-state index in [1.165, 1.54) is 11.0 Å². The van der Waals surface area contributed by atoms with Crippen LogP contribution in [0.5, 0.6) is 5.75 Å². The SMILES string of the molecule is CC[C@H](C)NC(=O)[C@H](CC)N(Cc1cccc(OC)c1)C(=O)CN(c1cc(Cl)ccc1C)S(C)(=O)=O. The first-order chi connectivity index (χ1) is 16.9. The third kappa shape index (κ3) is 7.86. The highest BCUT2D eigenvalue weighted by atomic mass is 35.5. The van der Waals surface area contributed by atoms with E-state index in [4.69, 9.17) is 16.3 Å². The number of nitrogens with zero attached hydrogens (tertiary/aromatic N) is 2. The number of sulfonamides is 1. The summed E-state index contributed by atoms with van der Waals surface area (Å²) >= 11 is 6.14. The number of carbonyl (C=O) groups excluding carboxylic acids is 2. The predicted octanol–water partition coefficient (Wildman–Crippen LogP) is 4.15. The van der Waals surface area contributed by atoms with Crippen molar-refractivity contribution in [1.29, 1.82) is 0 Å². The molecule has 2 atom stereocenters.